The molecule has 1 N–H and O–H groups in total. The lowest BCUT2D eigenvalue weighted by Gasteiger charge is -2.34. The summed E-state index contributed by atoms with van der Waals surface area (Å²) in [5.41, 5.74) is 2.67. The van der Waals surface area contributed by atoms with Gasteiger partial charge in [0.2, 0.25) is 11.8 Å². The van der Waals surface area contributed by atoms with E-state index in [0.717, 1.165) is 15.4 Å². The number of nitrogens with one attached hydrogen (secondary N) is 1. The van der Waals surface area contributed by atoms with Crippen LogP contribution in [0.2, 0.25) is 10.0 Å². The van der Waals surface area contributed by atoms with E-state index in [9.17, 15) is 18.0 Å². The lowest BCUT2D eigenvalue weighted by atomic mass is 10.0. The largest absolute Gasteiger partial charge is 0.352 e. The highest BCUT2D eigenvalue weighted by molar-refractivity contribution is 7.92. The molecule has 4 aromatic rings. The molecule has 7 nitrogen and oxygen atoms in total. The summed E-state index contributed by atoms with van der Waals surface area (Å²) in [5, 5.41) is 3.78. The van der Waals surface area contributed by atoms with Gasteiger partial charge in [-0.3, -0.25) is 13.9 Å². The molecule has 10 heteroatoms. The molecule has 0 radical (unpaired) electrons. The molecule has 4 aromatic carbocycles. The van der Waals surface area contributed by atoms with Crippen molar-refractivity contribution in [2.24, 2.45) is 0 Å². The number of benzene rings is 4. The summed E-state index contributed by atoms with van der Waals surface area (Å²) in [6, 6.07) is 28.1. The van der Waals surface area contributed by atoms with Crippen molar-refractivity contribution in [1.29, 1.82) is 0 Å². The van der Waals surface area contributed by atoms with Crippen LogP contribution in [-0.2, 0) is 32.6 Å². The Kier molecular flexibility index (Phi) is 11.7. The molecule has 4 rings (SSSR count). The maximum Gasteiger partial charge on any atom is 0.264 e. The van der Waals surface area contributed by atoms with Gasteiger partial charge in [-0.1, -0.05) is 102 Å². The van der Waals surface area contributed by atoms with Gasteiger partial charge in [0.1, 0.15) is 12.6 Å². The van der Waals surface area contributed by atoms with E-state index in [0.29, 0.717) is 27.7 Å². The van der Waals surface area contributed by atoms with Gasteiger partial charge in [-0.25, -0.2) is 8.42 Å². The predicted molar refractivity (Wildman–Crippen MR) is 181 cm³/mol. The molecule has 0 saturated heterocycles. The Bertz CT molecular complexity index is 1700. The standard InChI is InChI=1S/C35H37Cl2N3O4S/c1-4-26(3)38-35(42)33(21-27-11-7-5-8-12-27)39(23-28-17-18-29(36)22-32(28)37)34(41)24-40(30-19-15-25(2)16-20-30)45(43,44)31-13-9-6-10-14-31/h5-20,22,26,33H,4,21,23-24H2,1-3H3,(H,38,42). The van der Waals surface area contributed by atoms with Gasteiger partial charge in [-0.2, -0.15) is 0 Å². The minimum Gasteiger partial charge on any atom is -0.352 e. The lowest BCUT2D eigenvalue weighted by molar-refractivity contribution is -0.140. The molecule has 0 aliphatic rings. The summed E-state index contributed by atoms with van der Waals surface area (Å²) in [6.07, 6.45) is 0.896. The second-order valence-electron chi connectivity index (χ2n) is 10.9. The molecular formula is C35H37Cl2N3O4S. The second kappa shape index (κ2) is 15.4. The minimum absolute atomic E-state index is 0.0426. The molecule has 236 valence electrons. The van der Waals surface area contributed by atoms with Crippen LogP contribution >= 0.6 is 23.2 Å². The molecule has 0 aliphatic heterocycles. The smallest absolute Gasteiger partial charge is 0.264 e. The summed E-state index contributed by atoms with van der Waals surface area (Å²) >= 11 is 12.7. The number of anilines is 1. The third kappa shape index (κ3) is 8.87. The van der Waals surface area contributed by atoms with Crippen LogP contribution in [-0.4, -0.2) is 43.8 Å². The van der Waals surface area contributed by atoms with Crippen molar-refractivity contribution in [1.82, 2.24) is 10.2 Å². The van der Waals surface area contributed by atoms with Gasteiger partial charge in [0, 0.05) is 29.1 Å². The molecule has 45 heavy (non-hydrogen) atoms. The highest BCUT2D eigenvalue weighted by Crippen LogP contribution is 2.27. The zero-order valence-corrected chi connectivity index (χ0v) is 27.8. The Morgan fingerprint density at radius 2 is 1.49 bits per heavy atom. The molecule has 2 unspecified atom stereocenters. The van der Waals surface area contributed by atoms with Crippen LogP contribution in [0, 0.1) is 6.92 Å². The summed E-state index contributed by atoms with van der Waals surface area (Å²) in [6.45, 7) is 5.15. The molecule has 0 aliphatic carbocycles. The maximum absolute atomic E-state index is 14.5. The van der Waals surface area contributed by atoms with Crippen molar-refractivity contribution in [3.63, 3.8) is 0 Å². The zero-order chi connectivity index (χ0) is 32.6. The van der Waals surface area contributed by atoms with E-state index < -0.39 is 28.5 Å². The quantitative estimate of drug-likeness (QED) is 0.166. The third-order valence-electron chi connectivity index (χ3n) is 7.56. The number of hydrogen-bond acceptors (Lipinski definition) is 4. The van der Waals surface area contributed by atoms with Gasteiger partial charge in [0.05, 0.1) is 10.6 Å². The molecule has 0 aromatic heterocycles. The number of amides is 2. The first-order valence-electron chi connectivity index (χ1n) is 14.7. The summed E-state index contributed by atoms with van der Waals surface area (Å²) < 4.78 is 29.2. The number of hydrogen-bond donors (Lipinski definition) is 1. The Morgan fingerprint density at radius 3 is 2.09 bits per heavy atom. The summed E-state index contributed by atoms with van der Waals surface area (Å²) in [4.78, 5) is 29.9. The zero-order valence-electron chi connectivity index (χ0n) is 25.5. The van der Waals surface area contributed by atoms with Crippen LogP contribution in [0.25, 0.3) is 0 Å². The van der Waals surface area contributed by atoms with E-state index in [1.165, 1.54) is 17.0 Å². The Balaban J connectivity index is 1.82. The lowest BCUT2D eigenvalue weighted by Crippen LogP contribution is -2.54. The Hall–Kier alpha value is -3.85. The molecular weight excluding hydrogens is 629 g/mol. The molecule has 0 heterocycles. The first-order valence-corrected chi connectivity index (χ1v) is 16.9. The third-order valence-corrected chi connectivity index (χ3v) is 9.93. The SMILES string of the molecule is CCC(C)NC(=O)C(Cc1ccccc1)N(Cc1ccc(Cl)cc1Cl)C(=O)CN(c1ccc(C)cc1)S(=O)(=O)c1ccccc1. The van der Waals surface area contributed by atoms with E-state index in [1.54, 1.807) is 60.7 Å². The predicted octanol–water partition coefficient (Wildman–Crippen LogP) is 7.05. The Morgan fingerprint density at radius 1 is 0.867 bits per heavy atom. The Labute approximate surface area is 275 Å². The highest BCUT2D eigenvalue weighted by Gasteiger charge is 2.35. The molecule has 0 saturated carbocycles. The second-order valence-corrected chi connectivity index (χ2v) is 13.6. The van der Waals surface area contributed by atoms with Crippen molar-refractivity contribution >= 4 is 50.7 Å². The number of nitrogens with zero attached hydrogens (tertiary/aromatic N) is 2. The molecule has 0 spiro atoms. The number of aryl methyl sites for hydroxylation is 1. The van der Waals surface area contributed by atoms with Crippen LogP contribution in [0.1, 0.15) is 37.0 Å². The van der Waals surface area contributed by atoms with Crippen LogP contribution in [0.5, 0.6) is 0 Å². The van der Waals surface area contributed by atoms with Crippen LogP contribution in [0.4, 0.5) is 5.69 Å². The summed E-state index contributed by atoms with van der Waals surface area (Å²) in [7, 11) is -4.17. The first kappa shape index (κ1) is 34.0. The van der Waals surface area contributed by atoms with Gasteiger partial charge in [-0.15, -0.1) is 0 Å². The minimum atomic E-state index is -4.17. The van der Waals surface area contributed by atoms with Crippen LogP contribution < -0.4 is 9.62 Å². The first-order chi connectivity index (χ1) is 21.5. The van der Waals surface area contributed by atoms with Crippen LogP contribution in [0.15, 0.2) is 108 Å². The average molecular weight is 667 g/mol. The van der Waals surface area contributed by atoms with Crippen molar-refractivity contribution in [2.75, 3.05) is 10.8 Å². The van der Waals surface area contributed by atoms with E-state index in [2.05, 4.69) is 5.32 Å². The van der Waals surface area contributed by atoms with Gasteiger partial charge >= 0.3 is 0 Å². The topological polar surface area (TPSA) is 86.8 Å². The van der Waals surface area contributed by atoms with Gasteiger partial charge in [0.15, 0.2) is 0 Å². The number of rotatable bonds is 13. The monoisotopic (exact) mass is 665 g/mol. The van der Waals surface area contributed by atoms with Gasteiger partial charge in [-0.05, 0) is 67.8 Å². The normalized spacial score (nSPS) is 12.6. The number of carbonyl (C=O) groups is 2. The number of halogens is 2. The molecule has 0 bridgehead atoms. The van der Waals surface area contributed by atoms with Crippen molar-refractivity contribution in [3.8, 4) is 0 Å². The molecule has 2 amide bonds. The average Bonchev–Trinajstić information content (AvgIpc) is 3.03. The maximum atomic E-state index is 14.5. The van der Waals surface area contributed by atoms with Crippen molar-refractivity contribution < 1.29 is 18.0 Å². The fraction of sp³-hybridized carbons (Fsp3) is 0.257. The fourth-order valence-corrected chi connectivity index (χ4v) is 6.69. The van der Waals surface area contributed by atoms with Crippen molar-refractivity contribution in [3.05, 3.63) is 130 Å². The van der Waals surface area contributed by atoms with Crippen molar-refractivity contribution in [2.45, 2.75) is 57.1 Å². The van der Waals surface area contributed by atoms with E-state index >= 15 is 0 Å². The fourth-order valence-electron chi connectivity index (χ4n) is 4.79. The van der Waals surface area contributed by atoms with E-state index in [-0.39, 0.29) is 29.8 Å². The molecule has 2 atom stereocenters. The number of carbonyl (C=O) groups excluding carboxylic acids is 2. The van der Waals surface area contributed by atoms with E-state index in [4.69, 9.17) is 23.2 Å². The van der Waals surface area contributed by atoms with Gasteiger partial charge in [0.25, 0.3) is 10.0 Å². The molecule has 0 fully saturated rings. The van der Waals surface area contributed by atoms with Crippen LogP contribution in [0.3, 0.4) is 0 Å². The highest BCUT2D eigenvalue weighted by atomic mass is 35.5. The number of sulfonamides is 1. The van der Waals surface area contributed by atoms with E-state index in [1.807, 2.05) is 51.1 Å². The van der Waals surface area contributed by atoms with Gasteiger partial charge < -0.3 is 10.2 Å². The summed E-state index contributed by atoms with van der Waals surface area (Å²) in [5.74, 6) is -0.916.